The Labute approximate surface area is 106 Å². The lowest BCUT2D eigenvalue weighted by Gasteiger charge is -2.05. The second-order valence-electron chi connectivity index (χ2n) is 4.44. The molecule has 5 heteroatoms. The van der Waals surface area contributed by atoms with Crippen LogP contribution in [0.5, 0.6) is 0 Å². The molecule has 3 rings (SSSR count). The van der Waals surface area contributed by atoms with Crippen LogP contribution in [0, 0.1) is 5.92 Å². The van der Waals surface area contributed by atoms with Crippen LogP contribution in [0.15, 0.2) is 18.7 Å². The van der Waals surface area contributed by atoms with E-state index in [-0.39, 0.29) is 6.30 Å². The van der Waals surface area contributed by atoms with Crippen LogP contribution in [0.3, 0.4) is 0 Å². The van der Waals surface area contributed by atoms with E-state index in [1.165, 1.54) is 19.0 Å². The molecular formula is C12H13ClN4. The lowest BCUT2D eigenvalue weighted by atomic mass is 10.1. The molecule has 0 amide bonds. The summed E-state index contributed by atoms with van der Waals surface area (Å²) in [6, 6.07) is 0. The molecule has 1 aliphatic rings. The van der Waals surface area contributed by atoms with E-state index in [0.29, 0.717) is 10.7 Å². The molecule has 1 aliphatic carbocycles. The first-order valence-electron chi connectivity index (χ1n) is 6.15. The highest BCUT2D eigenvalue weighted by Gasteiger charge is 2.25. The normalized spacial score (nSPS) is 16.0. The Morgan fingerprint density at radius 3 is 3.12 bits per heavy atom. The van der Waals surface area contributed by atoms with Crippen LogP contribution in [0.25, 0.3) is 11.3 Å². The molecule has 2 aromatic heterocycles. The van der Waals surface area contributed by atoms with Crippen molar-refractivity contribution in [2.24, 2.45) is 13.0 Å². The van der Waals surface area contributed by atoms with Crippen molar-refractivity contribution in [1.82, 2.24) is 19.7 Å². The average molecular weight is 250 g/mol. The van der Waals surface area contributed by atoms with Crippen molar-refractivity contribution >= 4 is 11.6 Å². The molecule has 88 valence electrons. The molecule has 17 heavy (non-hydrogen) atoms. The van der Waals surface area contributed by atoms with Gasteiger partial charge in [0.25, 0.3) is 0 Å². The SMILES string of the molecule is [2H]c1ncc(Cl)c(-c2cnn(C)c2CC2CC2)n1. The van der Waals surface area contributed by atoms with Crippen LogP contribution in [0.1, 0.15) is 19.9 Å². The molecule has 1 saturated carbocycles. The largest absolute Gasteiger partial charge is 0.272 e. The summed E-state index contributed by atoms with van der Waals surface area (Å²) in [7, 11) is 1.93. The number of halogens is 1. The van der Waals surface area contributed by atoms with E-state index < -0.39 is 0 Å². The van der Waals surface area contributed by atoms with E-state index in [2.05, 4.69) is 15.1 Å². The molecule has 0 atom stereocenters. The molecule has 2 heterocycles. The van der Waals surface area contributed by atoms with E-state index in [0.717, 1.165) is 23.6 Å². The fourth-order valence-electron chi connectivity index (χ4n) is 1.97. The van der Waals surface area contributed by atoms with Gasteiger partial charge in [-0.3, -0.25) is 4.68 Å². The van der Waals surface area contributed by atoms with Gasteiger partial charge in [-0.25, -0.2) is 9.97 Å². The number of rotatable bonds is 3. The van der Waals surface area contributed by atoms with Gasteiger partial charge in [-0.2, -0.15) is 5.10 Å². The van der Waals surface area contributed by atoms with Gasteiger partial charge in [0.2, 0.25) is 0 Å². The molecule has 0 N–H and O–H groups in total. The maximum absolute atomic E-state index is 7.50. The monoisotopic (exact) mass is 249 g/mol. The molecule has 0 aromatic carbocycles. The maximum atomic E-state index is 7.50. The summed E-state index contributed by atoms with van der Waals surface area (Å²) in [6.45, 7) is 0. The molecular weight excluding hydrogens is 236 g/mol. The Balaban J connectivity index is 2.07. The van der Waals surface area contributed by atoms with Crippen LogP contribution in [-0.4, -0.2) is 19.7 Å². The standard InChI is InChI=1S/C12H13ClN4/c1-17-11(4-8-2-3-8)9(5-16-17)12-10(13)6-14-7-15-12/h5-8H,2-4H2,1H3/i7D. The molecule has 0 spiro atoms. The Bertz CT molecular complexity index is 592. The zero-order valence-electron chi connectivity index (χ0n) is 10.5. The average Bonchev–Trinajstić information content (AvgIpc) is 3.09. The van der Waals surface area contributed by atoms with Crippen molar-refractivity contribution in [3.05, 3.63) is 29.4 Å². The van der Waals surface area contributed by atoms with Gasteiger partial charge in [0.05, 0.1) is 16.9 Å². The fraction of sp³-hybridized carbons (Fsp3) is 0.417. The number of nitrogens with zero attached hydrogens (tertiary/aromatic N) is 4. The Kier molecular flexibility index (Phi) is 2.32. The molecule has 1 fully saturated rings. The van der Waals surface area contributed by atoms with Crippen molar-refractivity contribution in [3.8, 4) is 11.3 Å². The van der Waals surface area contributed by atoms with Crippen LogP contribution >= 0.6 is 11.6 Å². The zero-order chi connectivity index (χ0) is 12.7. The van der Waals surface area contributed by atoms with E-state index >= 15 is 0 Å². The minimum absolute atomic E-state index is 0.0179. The Morgan fingerprint density at radius 2 is 2.35 bits per heavy atom. The summed E-state index contributed by atoms with van der Waals surface area (Å²) in [5, 5.41) is 4.75. The summed E-state index contributed by atoms with van der Waals surface area (Å²) >= 11 is 6.12. The minimum Gasteiger partial charge on any atom is -0.272 e. The molecule has 0 saturated heterocycles. The molecule has 0 radical (unpaired) electrons. The van der Waals surface area contributed by atoms with Crippen LogP contribution in [-0.2, 0) is 13.5 Å². The summed E-state index contributed by atoms with van der Waals surface area (Å²) in [6.07, 6.45) is 6.79. The number of hydrogen-bond acceptors (Lipinski definition) is 3. The molecule has 0 aliphatic heterocycles. The summed E-state index contributed by atoms with van der Waals surface area (Å²) in [5.41, 5.74) is 2.67. The van der Waals surface area contributed by atoms with Gasteiger partial charge in [-0.15, -0.1) is 0 Å². The first kappa shape index (κ1) is 9.59. The third kappa shape index (κ3) is 2.05. The lowest BCUT2D eigenvalue weighted by molar-refractivity contribution is 0.677. The van der Waals surface area contributed by atoms with E-state index in [4.69, 9.17) is 13.0 Å². The predicted octanol–water partition coefficient (Wildman–Crippen LogP) is 2.48. The highest BCUT2D eigenvalue weighted by molar-refractivity contribution is 6.32. The second-order valence-corrected chi connectivity index (χ2v) is 4.85. The van der Waals surface area contributed by atoms with E-state index in [9.17, 15) is 0 Å². The Hall–Kier alpha value is -1.42. The van der Waals surface area contributed by atoms with Gasteiger partial charge < -0.3 is 0 Å². The van der Waals surface area contributed by atoms with Crippen LogP contribution in [0.2, 0.25) is 5.02 Å². The highest BCUT2D eigenvalue weighted by atomic mass is 35.5. The topological polar surface area (TPSA) is 43.6 Å². The third-order valence-corrected chi connectivity index (χ3v) is 3.40. The second kappa shape index (κ2) is 4.11. The fourth-order valence-corrected chi connectivity index (χ4v) is 2.16. The lowest BCUT2D eigenvalue weighted by Crippen LogP contribution is -2.01. The summed E-state index contributed by atoms with van der Waals surface area (Å²) in [5.74, 6) is 0.759. The molecule has 0 unspecified atom stereocenters. The zero-order valence-corrected chi connectivity index (χ0v) is 10.3. The summed E-state index contributed by atoms with van der Waals surface area (Å²) < 4.78 is 9.38. The van der Waals surface area contributed by atoms with E-state index in [1.54, 1.807) is 6.20 Å². The van der Waals surface area contributed by atoms with Crippen LogP contribution in [0.4, 0.5) is 0 Å². The van der Waals surface area contributed by atoms with Crippen molar-refractivity contribution in [1.29, 1.82) is 0 Å². The van der Waals surface area contributed by atoms with Gasteiger partial charge >= 0.3 is 0 Å². The van der Waals surface area contributed by atoms with E-state index in [1.807, 2.05) is 11.7 Å². The van der Waals surface area contributed by atoms with Crippen molar-refractivity contribution in [2.45, 2.75) is 19.3 Å². The highest BCUT2D eigenvalue weighted by Crippen LogP contribution is 2.36. The molecule has 4 nitrogen and oxygen atoms in total. The number of aryl methyl sites for hydroxylation is 1. The van der Waals surface area contributed by atoms with Crippen molar-refractivity contribution in [2.75, 3.05) is 0 Å². The van der Waals surface area contributed by atoms with Gasteiger partial charge in [0.15, 0.2) is 0 Å². The predicted molar refractivity (Wildman–Crippen MR) is 65.7 cm³/mol. The smallest absolute Gasteiger partial charge is 0.116 e. The van der Waals surface area contributed by atoms with Crippen molar-refractivity contribution in [3.63, 3.8) is 0 Å². The molecule has 0 bridgehead atoms. The van der Waals surface area contributed by atoms with Crippen molar-refractivity contribution < 1.29 is 1.37 Å². The quantitative estimate of drug-likeness (QED) is 0.839. The van der Waals surface area contributed by atoms with Gasteiger partial charge in [0.1, 0.15) is 7.67 Å². The first-order valence-corrected chi connectivity index (χ1v) is 6.03. The summed E-state index contributed by atoms with van der Waals surface area (Å²) in [4.78, 5) is 7.89. The first-order chi connectivity index (χ1) is 8.65. The minimum atomic E-state index is -0.0179. The Morgan fingerprint density at radius 1 is 1.53 bits per heavy atom. The van der Waals surface area contributed by atoms with Crippen LogP contribution < -0.4 is 0 Å². The number of aromatic nitrogens is 4. The maximum Gasteiger partial charge on any atom is 0.116 e. The van der Waals surface area contributed by atoms with Gasteiger partial charge in [-0.1, -0.05) is 11.6 Å². The van der Waals surface area contributed by atoms with Gasteiger partial charge in [0, 0.05) is 24.5 Å². The van der Waals surface area contributed by atoms with Gasteiger partial charge in [-0.05, 0) is 25.2 Å². The molecule has 2 aromatic rings. The number of hydrogen-bond donors (Lipinski definition) is 0. The third-order valence-electron chi connectivity index (χ3n) is 3.12.